The molecular formula is C14H9F2IN2. The van der Waals surface area contributed by atoms with Crippen LogP contribution in [0.1, 0.15) is 5.56 Å². The Kier molecular flexibility index (Phi) is 3.00. The van der Waals surface area contributed by atoms with Crippen LogP contribution in [0, 0.1) is 22.1 Å². The SMILES string of the molecule is Cc1cccc(-c2nc3c(F)c(F)ccc3[nH]2)c1I. The summed E-state index contributed by atoms with van der Waals surface area (Å²) in [4.78, 5) is 7.20. The van der Waals surface area contributed by atoms with Gasteiger partial charge in [-0.2, -0.15) is 0 Å². The van der Waals surface area contributed by atoms with E-state index in [1.54, 1.807) is 0 Å². The zero-order valence-corrected chi connectivity index (χ0v) is 12.1. The van der Waals surface area contributed by atoms with Crippen molar-refractivity contribution in [3.63, 3.8) is 0 Å². The van der Waals surface area contributed by atoms with Gasteiger partial charge in [0.2, 0.25) is 0 Å². The van der Waals surface area contributed by atoms with Crippen molar-refractivity contribution in [2.75, 3.05) is 0 Å². The minimum Gasteiger partial charge on any atom is -0.338 e. The van der Waals surface area contributed by atoms with Crippen LogP contribution in [0.2, 0.25) is 0 Å². The molecule has 0 amide bonds. The summed E-state index contributed by atoms with van der Waals surface area (Å²) in [6.07, 6.45) is 0. The first-order chi connectivity index (χ1) is 9.08. The number of nitrogens with zero attached hydrogens (tertiary/aromatic N) is 1. The van der Waals surface area contributed by atoms with Crippen LogP contribution in [0.4, 0.5) is 8.78 Å². The monoisotopic (exact) mass is 370 g/mol. The Labute approximate surface area is 122 Å². The van der Waals surface area contributed by atoms with Gasteiger partial charge in [-0.05, 0) is 47.2 Å². The zero-order valence-electron chi connectivity index (χ0n) is 9.97. The lowest BCUT2D eigenvalue weighted by Gasteiger charge is -2.03. The molecule has 2 nitrogen and oxygen atoms in total. The van der Waals surface area contributed by atoms with Gasteiger partial charge in [-0.25, -0.2) is 13.8 Å². The number of nitrogens with one attached hydrogen (secondary N) is 1. The maximum absolute atomic E-state index is 13.6. The summed E-state index contributed by atoms with van der Waals surface area (Å²) in [5.74, 6) is -1.25. The second kappa shape index (κ2) is 4.56. The number of aromatic amines is 1. The molecule has 0 bridgehead atoms. The van der Waals surface area contributed by atoms with Gasteiger partial charge >= 0.3 is 0 Å². The first kappa shape index (κ1) is 12.5. The molecule has 0 radical (unpaired) electrons. The van der Waals surface area contributed by atoms with Crippen LogP contribution in [-0.2, 0) is 0 Å². The van der Waals surface area contributed by atoms with E-state index >= 15 is 0 Å². The zero-order chi connectivity index (χ0) is 13.6. The quantitative estimate of drug-likeness (QED) is 0.632. The van der Waals surface area contributed by atoms with Crippen molar-refractivity contribution in [1.82, 2.24) is 9.97 Å². The average molecular weight is 370 g/mol. The number of hydrogen-bond donors (Lipinski definition) is 1. The van der Waals surface area contributed by atoms with Crippen molar-refractivity contribution < 1.29 is 8.78 Å². The van der Waals surface area contributed by atoms with Crippen LogP contribution in [0.3, 0.4) is 0 Å². The van der Waals surface area contributed by atoms with Crippen molar-refractivity contribution in [3.05, 3.63) is 51.1 Å². The van der Waals surface area contributed by atoms with Gasteiger partial charge in [-0.3, -0.25) is 0 Å². The summed E-state index contributed by atoms with van der Waals surface area (Å²) in [5, 5.41) is 0. The van der Waals surface area contributed by atoms with Crippen molar-refractivity contribution in [2.45, 2.75) is 6.92 Å². The van der Waals surface area contributed by atoms with Gasteiger partial charge in [0.05, 0.1) is 5.52 Å². The molecule has 5 heteroatoms. The number of imidazole rings is 1. The lowest BCUT2D eigenvalue weighted by Crippen LogP contribution is -1.88. The van der Waals surface area contributed by atoms with E-state index in [9.17, 15) is 8.78 Å². The third-order valence-electron chi connectivity index (χ3n) is 2.99. The Morgan fingerprint density at radius 1 is 1.16 bits per heavy atom. The second-order valence-electron chi connectivity index (χ2n) is 4.28. The number of benzene rings is 2. The number of fused-ring (bicyclic) bond motifs is 1. The number of hydrogen-bond acceptors (Lipinski definition) is 1. The Morgan fingerprint density at radius 2 is 1.95 bits per heavy atom. The predicted octanol–water partition coefficient (Wildman–Crippen LogP) is 4.42. The molecule has 2 aromatic carbocycles. The smallest absolute Gasteiger partial charge is 0.186 e. The van der Waals surface area contributed by atoms with E-state index in [1.807, 2.05) is 25.1 Å². The molecule has 96 valence electrons. The predicted molar refractivity (Wildman–Crippen MR) is 78.9 cm³/mol. The number of rotatable bonds is 1. The standard InChI is InChI=1S/C14H9F2IN2/c1-7-3-2-4-8(12(7)17)14-18-10-6-5-9(15)11(16)13(10)19-14/h2-6H,1H3,(H,18,19). The van der Waals surface area contributed by atoms with E-state index in [1.165, 1.54) is 6.07 Å². The van der Waals surface area contributed by atoms with E-state index in [2.05, 4.69) is 32.6 Å². The van der Waals surface area contributed by atoms with Crippen LogP contribution in [-0.4, -0.2) is 9.97 Å². The van der Waals surface area contributed by atoms with E-state index in [0.717, 1.165) is 20.8 Å². The van der Waals surface area contributed by atoms with Crippen molar-refractivity contribution in [3.8, 4) is 11.4 Å². The summed E-state index contributed by atoms with van der Waals surface area (Å²) < 4.78 is 27.9. The van der Waals surface area contributed by atoms with Gasteiger partial charge in [0.15, 0.2) is 11.6 Å². The Bertz CT molecular complexity index is 780. The maximum atomic E-state index is 13.6. The molecule has 0 aliphatic carbocycles. The number of aryl methyl sites for hydroxylation is 1. The molecule has 0 saturated heterocycles. The lowest BCUT2D eigenvalue weighted by molar-refractivity contribution is 0.515. The first-order valence-corrected chi connectivity index (χ1v) is 6.75. The van der Waals surface area contributed by atoms with E-state index < -0.39 is 11.6 Å². The highest BCUT2D eigenvalue weighted by Crippen LogP contribution is 2.28. The topological polar surface area (TPSA) is 28.7 Å². The van der Waals surface area contributed by atoms with Crippen LogP contribution in [0.25, 0.3) is 22.4 Å². The minimum atomic E-state index is -0.914. The van der Waals surface area contributed by atoms with E-state index in [0.29, 0.717) is 11.3 Å². The molecule has 0 fully saturated rings. The molecule has 0 atom stereocenters. The van der Waals surface area contributed by atoms with E-state index in [-0.39, 0.29) is 5.52 Å². The first-order valence-electron chi connectivity index (χ1n) is 5.67. The highest BCUT2D eigenvalue weighted by molar-refractivity contribution is 14.1. The lowest BCUT2D eigenvalue weighted by atomic mass is 10.1. The van der Waals surface area contributed by atoms with Gasteiger partial charge in [0.1, 0.15) is 11.3 Å². The Balaban J connectivity index is 2.27. The van der Waals surface area contributed by atoms with Gasteiger partial charge in [0, 0.05) is 9.13 Å². The van der Waals surface area contributed by atoms with Crippen molar-refractivity contribution in [1.29, 1.82) is 0 Å². The van der Waals surface area contributed by atoms with Crippen molar-refractivity contribution in [2.24, 2.45) is 0 Å². The minimum absolute atomic E-state index is 0.0345. The van der Waals surface area contributed by atoms with Crippen molar-refractivity contribution >= 4 is 33.6 Å². The van der Waals surface area contributed by atoms with Crippen LogP contribution in [0.5, 0.6) is 0 Å². The Hall–Kier alpha value is -1.50. The maximum Gasteiger partial charge on any atom is 0.186 e. The molecule has 1 heterocycles. The fourth-order valence-electron chi connectivity index (χ4n) is 1.98. The largest absolute Gasteiger partial charge is 0.338 e. The molecule has 0 aliphatic heterocycles. The molecule has 19 heavy (non-hydrogen) atoms. The van der Waals surface area contributed by atoms with E-state index in [4.69, 9.17) is 0 Å². The average Bonchev–Trinajstić information content (AvgIpc) is 2.82. The summed E-state index contributed by atoms with van der Waals surface area (Å²) in [7, 11) is 0. The van der Waals surface area contributed by atoms with Crippen LogP contribution in [0.15, 0.2) is 30.3 Å². The molecule has 3 rings (SSSR count). The third kappa shape index (κ3) is 2.01. The summed E-state index contributed by atoms with van der Waals surface area (Å²) in [6.45, 7) is 1.99. The molecular weight excluding hydrogens is 361 g/mol. The number of H-pyrrole nitrogens is 1. The number of halogens is 3. The summed E-state index contributed by atoms with van der Waals surface area (Å²) >= 11 is 2.22. The van der Waals surface area contributed by atoms with Gasteiger partial charge in [-0.1, -0.05) is 18.2 Å². The molecule has 0 aliphatic rings. The fourth-order valence-corrected chi connectivity index (χ4v) is 2.59. The highest BCUT2D eigenvalue weighted by Gasteiger charge is 2.14. The summed E-state index contributed by atoms with van der Waals surface area (Å²) in [5.41, 5.74) is 2.53. The fraction of sp³-hybridized carbons (Fsp3) is 0.0714. The van der Waals surface area contributed by atoms with Gasteiger partial charge in [0.25, 0.3) is 0 Å². The van der Waals surface area contributed by atoms with Gasteiger partial charge < -0.3 is 4.98 Å². The normalized spacial score (nSPS) is 11.2. The molecule has 0 spiro atoms. The Morgan fingerprint density at radius 3 is 2.74 bits per heavy atom. The highest BCUT2D eigenvalue weighted by atomic mass is 127. The summed E-state index contributed by atoms with van der Waals surface area (Å²) in [6, 6.07) is 8.40. The van der Waals surface area contributed by atoms with Gasteiger partial charge in [-0.15, -0.1) is 0 Å². The molecule has 3 aromatic rings. The molecule has 1 aromatic heterocycles. The van der Waals surface area contributed by atoms with Crippen LogP contribution < -0.4 is 0 Å². The number of aromatic nitrogens is 2. The third-order valence-corrected chi connectivity index (χ3v) is 4.42. The second-order valence-corrected chi connectivity index (χ2v) is 5.36. The molecule has 0 unspecified atom stereocenters. The molecule has 1 N–H and O–H groups in total. The molecule has 0 saturated carbocycles. The van der Waals surface area contributed by atoms with Crippen LogP contribution >= 0.6 is 22.6 Å².